The van der Waals surface area contributed by atoms with Gasteiger partial charge in [0.25, 0.3) is 5.91 Å². The Balaban J connectivity index is 1.16. The summed E-state index contributed by atoms with van der Waals surface area (Å²) < 4.78 is 0. The monoisotopic (exact) mass is 406 g/mol. The van der Waals surface area contributed by atoms with Crippen molar-refractivity contribution in [2.75, 3.05) is 62.6 Å². The topological polar surface area (TPSA) is 41.2 Å². The maximum absolute atomic E-state index is 12.5. The van der Waals surface area contributed by atoms with Gasteiger partial charge in [0, 0.05) is 24.5 Å². The maximum Gasteiger partial charge on any atom is 0.279 e. The molecule has 158 valence electrons. The van der Waals surface area contributed by atoms with E-state index in [1.807, 2.05) is 18.2 Å². The Kier molecular flexibility index (Phi) is 7.16. The summed E-state index contributed by atoms with van der Waals surface area (Å²) in [6.45, 7) is 8.24. The molecule has 4 rings (SSSR count). The Morgan fingerprint density at radius 2 is 1.57 bits per heavy atom. The number of hydrogen-bond acceptors (Lipinski definition) is 2. The van der Waals surface area contributed by atoms with Gasteiger partial charge < -0.3 is 20.0 Å². The van der Waals surface area contributed by atoms with Gasteiger partial charge in [-0.2, -0.15) is 0 Å². The second-order valence-corrected chi connectivity index (χ2v) is 8.48. The number of hydrogen-bond donors (Lipinski definition) is 3. The van der Waals surface area contributed by atoms with Crippen LogP contribution in [-0.4, -0.2) is 58.3 Å². The first kappa shape index (κ1) is 20.6. The summed E-state index contributed by atoms with van der Waals surface area (Å²) in [5.41, 5.74) is 3.42. The summed E-state index contributed by atoms with van der Waals surface area (Å²) in [5.74, 6) is 0.117. The lowest BCUT2D eigenvalue weighted by Crippen LogP contribution is -3.28. The molecule has 30 heavy (non-hydrogen) atoms. The van der Waals surface area contributed by atoms with E-state index in [-0.39, 0.29) is 5.91 Å². The summed E-state index contributed by atoms with van der Waals surface area (Å²) in [6.07, 6.45) is 7.03. The highest BCUT2D eigenvalue weighted by molar-refractivity contribution is 5.91. The van der Waals surface area contributed by atoms with Crippen LogP contribution in [0, 0.1) is 0 Å². The minimum Gasteiger partial charge on any atom is -0.372 e. The lowest BCUT2D eigenvalue weighted by atomic mass is 10.2. The Labute approximate surface area is 180 Å². The van der Waals surface area contributed by atoms with Crippen molar-refractivity contribution in [2.24, 2.45) is 0 Å². The largest absolute Gasteiger partial charge is 0.372 e. The smallest absolute Gasteiger partial charge is 0.279 e. The van der Waals surface area contributed by atoms with E-state index in [2.05, 4.69) is 58.8 Å². The van der Waals surface area contributed by atoms with E-state index in [1.54, 1.807) is 4.90 Å². The lowest BCUT2D eigenvalue weighted by Gasteiger charge is -2.28. The van der Waals surface area contributed by atoms with Crippen molar-refractivity contribution in [3.8, 4) is 0 Å². The zero-order valence-electron chi connectivity index (χ0n) is 17.8. The molecule has 2 aromatic rings. The highest BCUT2D eigenvalue weighted by Gasteiger charge is 2.24. The average molecular weight is 407 g/mol. The van der Waals surface area contributed by atoms with Crippen molar-refractivity contribution >= 4 is 23.4 Å². The number of piperazine rings is 1. The lowest BCUT2D eigenvalue weighted by molar-refractivity contribution is -1.01. The Morgan fingerprint density at radius 1 is 0.900 bits per heavy atom. The molecule has 0 spiro atoms. The van der Waals surface area contributed by atoms with Gasteiger partial charge in [0.1, 0.15) is 26.2 Å². The van der Waals surface area contributed by atoms with Crippen molar-refractivity contribution < 1.29 is 14.6 Å². The third-order valence-electron chi connectivity index (χ3n) is 6.21. The third-order valence-corrected chi connectivity index (χ3v) is 6.21. The van der Waals surface area contributed by atoms with Gasteiger partial charge in [0.15, 0.2) is 6.54 Å². The molecule has 1 amide bonds. The third kappa shape index (κ3) is 5.94. The van der Waals surface area contributed by atoms with Gasteiger partial charge in [-0.3, -0.25) is 4.79 Å². The quantitative estimate of drug-likeness (QED) is 0.634. The molecule has 2 heterocycles. The Bertz CT molecular complexity index is 820. The Hall–Kier alpha value is -2.63. The van der Waals surface area contributed by atoms with Crippen LogP contribution in [0.5, 0.6) is 0 Å². The fourth-order valence-electron chi connectivity index (χ4n) is 4.43. The minimum absolute atomic E-state index is 0.117. The fourth-order valence-corrected chi connectivity index (χ4v) is 4.43. The molecule has 2 aromatic carbocycles. The molecule has 0 unspecified atom stereocenters. The molecule has 2 saturated heterocycles. The minimum atomic E-state index is 0.117. The summed E-state index contributed by atoms with van der Waals surface area (Å²) in [5, 5.41) is 3.07. The highest BCUT2D eigenvalue weighted by atomic mass is 16.2. The summed E-state index contributed by atoms with van der Waals surface area (Å²) in [4.78, 5) is 17.9. The number of benzene rings is 2. The SMILES string of the molecule is O=C(C[NH+]1CC[NH+](C/C=C/c2ccccc2)CC1)Nc1ccc(N2CCCC2)cc1. The van der Waals surface area contributed by atoms with Crippen LogP contribution in [-0.2, 0) is 4.79 Å². The molecule has 0 saturated carbocycles. The first-order valence-corrected chi connectivity index (χ1v) is 11.3. The standard InChI is InChI=1S/C25H32N4O/c30-25(26-23-10-12-24(13-11-23)29-15-4-5-16-29)21-28-19-17-27(18-20-28)14-6-9-22-7-2-1-3-8-22/h1-3,6-13H,4-5,14-21H2,(H,26,30)/p+2/b9-6+. The fraction of sp³-hybridized carbons (Fsp3) is 0.400. The number of rotatable bonds is 7. The van der Waals surface area contributed by atoms with Crippen molar-refractivity contribution in [2.45, 2.75) is 12.8 Å². The van der Waals surface area contributed by atoms with Crippen LogP contribution in [0.15, 0.2) is 60.7 Å². The second kappa shape index (κ2) is 10.4. The van der Waals surface area contributed by atoms with Crippen LogP contribution in [0.1, 0.15) is 18.4 Å². The summed E-state index contributed by atoms with van der Waals surface area (Å²) >= 11 is 0. The summed E-state index contributed by atoms with van der Waals surface area (Å²) in [7, 11) is 0. The van der Waals surface area contributed by atoms with Gasteiger partial charge >= 0.3 is 0 Å². The molecule has 0 bridgehead atoms. The van der Waals surface area contributed by atoms with Crippen LogP contribution in [0.3, 0.4) is 0 Å². The maximum atomic E-state index is 12.5. The van der Waals surface area contributed by atoms with E-state index >= 15 is 0 Å². The first-order valence-electron chi connectivity index (χ1n) is 11.3. The van der Waals surface area contributed by atoms with Crippen LogP contribution >= 0.6 is 0 Å². The predicted molar refractivity (Wildman–Crippen MR) is 123 cm³/mol. The number of carbonyl (C=O) groups is 1. The van der Waals surface area contributed by atoms with Crippen LogP contribution < -0.4 is 20.0 Å². The predicted octanol–water partition coefficient (Wildman–Crippen LogP) is 0.722. The van der Waals surface area contributed by atoms with E-state index < -0.39 is 0 Å². The number of anilines is 2. The normalized spacial score (nSPS) is 21.8. The molecular weight excluding hydrogens is 372 g/mol. The number of nitrogens with one attached hydrogen (secondary N) is 3. The van der Waals surface area contributed by atoms with Crippen LogP contribution in [0.2, 0.25) is 0 Å². The van der Waals surface area contributed by atoms with E-state index in [1.165, 1.54) is 29.0 Å². The van der Waals surface area contributed by atoms with Gasteiger partial charge in [-0.1, -0.05) is 36.4 Å². The van der Waals surface area contributed by atoms with Gasteiger partial charge in [-0.05, 0) is 48.7 Å². The number of carbonyl (C=O) groups excluding carboxylic acids is 1. The molecule has 0 atom stereocenters. The van der Waals surface area contributed by atoms with Gasteiger partial charge in [-0.25, -0.2) is 0 Å². The van der Waals surface area contributed by atoms with Gasteiger partial charge in [0.05, 0.1) is 6.54 Å². The molecule has 2 aliphatic rings. The molecule has 2 aliphatic heterocycles. The molecule has 5 heteroatoms. The highest BCUT2D eigenvalue weighted by Crippen LogP contribution is 2.21. The zero-order valence-corrected chi connectivity index (χ0v) is 17.8. The molecule has 5 nitrogen and oxygen atoms in total. The van der Waals surface area contributed by atoms with Crippen molar-refractivity contribution in [3.63, 3.8) is 0 Å². The van der Waals surface area contributed by atoms with Gasteiger partial charge in [0.2, 0.25) is 0 Å². The Morgan fingerprint density at radius 3 is 2.27 bits per heavy atom. The van der Waals surface area contributed by atoms with E-state index in [4.69, 9.17) is 0 Å². The molecular formula is C25H34N4O+2. The van der Waals surface area contributed by atoms with Crippen LogP contribution in [0.25, 0.3) is 6.08 Å². The van der Waals surface area contributed by atoms with Crippen molar-refractivity contribution in [3.05, 3.63) is 66.2 Å². The van der Waals surface area contributed by atoms with Crippen molar-refractivity contribution in [1.29, 1.82) is 0 Å². The van der Waals surface area contributed by atoms with Crippen LogP contribution in [0.4, 0.5) is 11.4 Å². The van der Waals surface area contributed by atoms with E-state index in [0.717, 1.165) is 51.5 Å². The molecule has 2 fully saturated rings. The number of nitrogens with zero attached hydrogens (tertiary/aromatic N) is 1. The van der Waals surface area contributed by atoms with E-state index in [9.17, 15) is 4.79 Å². The van der Waals surface area contributed by atoms with E-state index in [0.29, 0.717) is 6.54 Å². The average Bonchev–Trinajstić information content (AvgIpc) is 3.31. The molecule has 0 aromatic heterocycles. The molecule has 3 N–H and O–H groups in total. The van der Waals surface area contributed by atoms with Gasteiger partial charge in [-0.15, -0.1) is 0 Å². The first-order chi connectivity index (χ1) is 14.8. The summed E-state index contributed by atoms with van der Waals surface area (Å²) in [6, 6.07) is 18.8. The second-order valence-electron chi connectivity index (χ2n) is 8.48. The number of quaternary nitrogens is 2. The number of amides is 1. The van der Waals surface area contributed by atoms with Crippen molar-refractivity contribution in [1.82, 2.24) is 0 Å². The molecule has 0 radical (unpaired) electrons. The zero-order chi connectivity index (χ0) is 20.6. The molecule has 0 aliphatic carbocycles.